The molecule has 2 amide bonds. The number of hydrogen-bond acceptors (Lipinski definition) is 8. The van der Waals surface area contributed by atoms with Gasteiger partial charge >= 0.3 is 5.97 Å². The van der Waals surface area contributed by atoms with E-state index in [0.717, 1.165) is 12.0 Å². The second-order valence-electron chi connectivity index (χ2n) is 9.90. The zero-order valence-corrected chi connectivity index (χ0v) is 23.7. The summed E-state index contributed by atoms with van der Waals surface area (Å²) in [7, 11) is -3.83. The Bertz CT molecular complexity index is 1340. The highest BCUT2D eigenvalue weighted by Gasteiger charge is 2.31. The first-order valence-corrected chi connectivity index (χ1v) is 15.1. The molecule has 3 heterocycles. The van der Waals surface area contributed by atoms with E-state index in [2.05, 4.69) is 9.71 Å². The number of carbonyl (C=O) groups is 3. The molecule has 2 saturated heterocycles. The fourth-order valence-electron chi connectivity index (χ4n) is 4.83. The highest BCUT2D eigenvalue weighted by molar-refractivity contribution is 7.89. The molecule has 1 N–H and O–H groups in total. The summed E-state index contributed by atoms with van der Waals surface area (Å²) in [6, 6.07) is 8.64. The van der Waals surface area contributed by atoms with Gasteiger partial charge in [-0.3, -0.25) is 14.3 Å². The largest absolute Gasteiger partial charge is 0.462 e. The third-order valence-corrected chi connectivity index (χ3v) is 8.45. The number of halogens is 1. The molecule has 2 fully saturated rings. The van der Waals surface area contributed by atoms with Crippen LogP contribution in [0.1, 0.15) is 59.8 Å². The first-order valence-electron chi connectivity index (χ1n) is 13.1. The van der Waals surface area contributed by atoms with Crippen molar-refractivity contribution in [2.75, 3.05) is 31.1 Å². The van der Waals surface area contributed by atoms with E-state index in [1.54, 1.807) is 24.0 Å². The van der Waals surface area contributed by atoms with E-state index >= 15 is 0 Å². The maximum atomic E-state index is 12.8. The van der Waals surface area contributed by atoms with Crippen LogP contribution in [0.5, 0.6) is 0 Å². The number of pyridine rings is 1. The van der Waals surface area contributed by atoms with E-state index in [4.69, 9.17) is 16.3 Å². The molecule has 0 spiro atoms. The molecule has 4 rings (SSSR count). The molecule has 1 aromatic heterocycles. The first kappa shape index (κ1) is 28.8. The highest BCUT2D eigenvalue weighted by Crippen LogP contribution is 2.31. The summed E-state index contributed by atoms with van der Waals surface area (Å²) in [5, 5.41) is 0.262. The Morgan fingerprint density at radius 2 is 1.85 bits per heavy atom. The number of aromatic nitrogens is 1. The van der Waals surface area contributed by atoms with Gasteiger partial charge < -0.3 is 14.5 Å². The Kier molecular flexibility index (Phi) is 9.12. The average Bonchev–Trinajstić information content (AvgIpc) is 3.30. The highest BCUT2D eigenvalue weighted by atomic mass is 35.5. The summed E-state index contributed by atoms with van der Waals surface area (Å²) in [4.78, 5) is 45.9. The van der Waals surface area contributed by atoms with Crippen LogP contribution >= 0.6 is 11.6 Å². The lowest BCUT2D eigenvalue weighted by molar-refractivity contribution is -0.128. The maximum Gasteiger partial charge on any atom is 0.340 e. The number of hydrogen-bond donors (Lipinski definition) is 1. The SMILES string of the molecule is CCOC(=O)c1cc(Cl)c(N2CCC(C(=O)NS(=O)(=O)Cc3ccc(C)cc3)CC2)nc1CN1CCCC1=O. The molecule has 2 aliphatic heterocycles. The van der Waals surface area contributed by atoms with Gasteiger partial charge in [0.05, 0.1) is 35.2 Å². The standard InChI is InChI=1S/C27H33ClN4O6S/c1-3-38-27(35)21-15-22(28)25(29-23(21)16-32-12-4-5-24(32)33)31-13-10-20(11-14-31)26(34)30-39(36,37)17-19-8-6-18(2)7-9-19/h6-9,15,20H,3-5,10-14,16-17H2,1-2H3,(H,30,34). The van der Waals surface area contributed by atoms with Crippen LogP contribution in [0, 0.1) is 12.8 Å². The molecule has 0 atom stereocenters. The van der Waals surface area contributed by atoms with Crippen LogP contribution in [0.4, 0.5) is 5.82 Å². The van der Waals surface area contributed by atoms with Crippen LogP contribution in [0.25, 0.3) is 0 Å². The van der Waals surface area contributed by atoms with E-state index in [1.165, 1.54) is 6.07 Å². The van der Waals surface area contributed by atoms with Gasteiger partial charge in [0.15, 0.2) is 0 Å². The molecular formula is C27H33ClN4O6S. The van der Waals surface area contributed by atoms with E-state index in [0.29, 0.717) is 56.0 Å². The number of nitrogens with one attached hydrogen (secondary N) is 1. The Hall–Kier alpha value is -3.18. The van der Waals surface area contributed by atoms with Gasteiger partial charge in [0, 0.05) is 32.0 Å². The van der Waals surface area contributed by atoms with Crippen LogP contribution in [-0.2, 0) is 36.6 Å². The van der Waals surface area contributed by atoms with E-state index in [-0.39, 0.29) is 35.4 Å². The lowest BCUT2D eigenvalue weighted by Crippen LogP contribution is -2.43. The van der Waals surface area contributed by atoms with Crippen molar-refractivity contribution in [3.05, 3.63) is 57.7 Å². The molecule has 0 saturated carbocycles. The van der Waals surface area contributed by atoms with Crippen molar-refractivity contribution in [2.45, 2.75) is 51.8 Å². The Morgan fingerprint density at radius 1 is 1.15 bits per heavy atom. The lowest BCUT2D eigenvalue weighted by atomic mass is 9.96. The normalized spacial score (nSPS) is 16.4. The van der Waals surface area contributed by atoms with Crippen molar-refractivity contribution in [2.24, 2.45) is 5.92 Å². The Balaban J connectivity index is 1.43. The number of carbonyl (C=O) groups excluding carboxylic acids is 3. The number of nitrogens with zero attached hydrogens (tertiary/aromatic N) is 3. The molecule has 12 heteroatoms. The predicted molar refractivity (Wildman–Crippen MR) is 147 cm³/mol. The van der Waals surface area contributed by atoms with Gasteiger partial charge in [0.1, 0.15) is 5.82 Å². The zero-order chi connectivity index (χ0) is 28.2. The van der Waals surface area contributed by atoms with E-state index < -0.39 is 27.8 Å². The molecule has 0 bridgehead atoms. The molecule has 210 valence electrons. The maximum absolute atomic E-state index is 12.8. The van der Waals surface area contributed by atoms with Crippen molar-refractivity contribution in [1.82, 2.24) is 14.6 Å². The van der Waals surface area contributed by atoms with Gasteiger partial charge in [-0.05, 0) is 44.7 Å². The van der Waals surface area contributed by atoms with Gasteiger partial charge in [0.25, 0.3) is 0 Å². The quantitative estimate of drug-likeness (QED) is 0.451. The van der Waals surface area contributed by atoms with Gasteiger partial charge in [-0.15, -0.1) is 0 Å². The summed E-state index contributed by atoms with van der Waals surface area (Å²) in [6.07, 6.45) is 2.03. The topological polar surface area (TPSA) is 126 Å². The molecule has 0 unspecified atom stereocenters. The number of benzene rings is 1. The summed E-state index contributed by atoms with van der Waals surface area (Å²) < 4.78 is 32.5. The monoisotopic (exact) mass is 576 g/mol. The second kappa shape index (κ2) is 12.3. The van der Waals surface area contributed by atoms with Gasteiger partial charge in [-0.2, -0.15) is 0 Å². The number of amides is 2. The number of likely N-dealkylation sites (tertiary alicyclic amines) is 1. The van der Waals surface area contributed by atoms with E-state index in [1.807, 2.05) is 24.0 Å². The number of esters is 1. The van der Waals surface area contributed by atoms with Gasteiger partial charge in [0.2, 0.25) is 21.8 Å². The Labute approximate surface area is 233 Å². The second-order valence-corrected chi connectivity index (χ2v) is 12.0. The fraction of sp³-hybridized carbons (Fsp3) is 0.481. The third kappa shape index (κ3) is 7.27. The van der Waals surface area contributed by atoms with Crippen LogP contribution in [0.2, 0.25) is 5.02 Å². The number of sulfonamides is 1. The first-order chi connectivity index (χ1) is 18.6. The minimum Gasteiger partial charge on any atom is -0.462 e. The predicted octanol–water partition coefficient (Wildman–Crippen LogP) is 3.21. The van der Waals surface area contributed by atoms with Crippen LogP contribution < -0.4 is 9.62 Å². The average molecular weight is 577 g/mol. The van der Waals surface area contributed by atoms with Crippen LogP contribution in [0.3, 0.4) is 0 Å². The van der Waals surface area contributed by atoms with Crippen molar-refractivity contribution >= 4 is 45.2 Å². The number of anilines is 1. The number of ether oxygens (including phenoxy) is 1. The minimum atomic E-state index is -3.83. The molecule has 10 nitrogen and oxygen atoms in total. The molecule has 1 aromatic carbocycles. The van der Waals surface area contributed by atoms with Gasteiger partial charge in [-0.25, -0.2) is 18.2 Å². The molecule has 39 heavy (non-hydrogen) atoms. The number of rotatable bonds is 9. The van der Waals surface area contributed by atoms with Crippen molar-refractivity contribution in [3.63, 3.8) is 0 Å². The minimum absolute atomic E-state index is 0.00673. The molecular weight excluding hydrogens is 544 g/mol. The van der Waals surface area contributed by atoms with Crippen molar-refractivity contribution < 1.29 is 27.5 Å². The smallest absolute Gasteiger partial charge is 0.340 e. The van der Waals surface area contributed by atoms with Gasteiger partial charge in [-0.1, -0.05) is 41.4 Å². The summed E-state index contributed by atoms with van der Waals surface area (Å²) in [5.74, 6) is -1.36. The summed E-state index contributed by atoms with van der Waals surface area (Å²) in [5.41, 5.74) is 2.26. The number of aryl methyl sites for hydroxylation is 1. The zero-order valence-electron chi connectivity index (χ0n) is 22.1. The Morgan fingerprint density at radius 3 is 2.46 bits per heavy atom. The lowest BCUT2D eigenvalue weighted by Gasteiger charge is -2.33. The van der Waals surface area contributed by atoms with Crippen LogP contribution in [-0.4, -0.2) is 62.3 Å². The molecule has 0 radical (unpaired) electrons. The summed E-state index contributed by atoms with van der Waals surface area (Å²) >= 11 is 6.55. The molecule has 0 aliphatic carbocycles. The van der Waals surface area contributed by atoms with Crippen LogP contribution in [0.15, 0.2) is 30.3 Å². The number of piperidine rings is 1. The molecule has 2 aromatic rings. The fourth-order valence-corrected chi connectivity index (χ4v) is 6.27. The van der Waals surface area contributed by atoms with E-state index in [9.17, 15) is 22.8 Å². The molecule has 2 aliphatic rings. The summed E-state index contributed by atoms with van der Waals surface area (Å²) in [6.45, 7) is 5.42. The van der Waals surface area contributed by atoms with Crippen molar-refractivity contribution in [1.29, 1.82) is 0 Å². The van der Waals surface area contributed by atoms with Crippen molar-refractivity contribution in [3.8, 4) is 0 Å². The third-order valence-electron chi connectivity index (χ3n) is 6.94.